The summed E-state index contributed by atoms with van der Waals surface area (Å²) in [6.07, 6.45) is 8.23. The van der Waals surface area contributed by atoms with Gasteiger partial charge in [0.15, 0.2) is 0 Å². The topological polar surface area (TPSA) is 15.3 Å². The third-order valence-corrected chi connectivity index (χ3v) is 6.07. The van der Waals surface area contributed by atoms with Crippen LogP contribution in [0.3, 0.4) is 0 Å². The Balaban J connectivity index is 1.98. The summed E-state index contributed by atoms with van der Waals surface area (Å²) in [6.45, 7) is 14.5. The van der Waals surface area contributed by atoms with Crippen LogP contribution in [0.2, 0.25) is 0 Å². The van der Waals surface area contributed by atoms with Crippen LogP contribution in [-0.2, 0) is 0 Å². The maximum Gasteiger partial charge on any atom is 0.0221 e. The highest BCUT2D eigenvalue weighted by molar-refractivity contribution is 4.93. The highest BCUT2D eigenvalue weighted by atomic mass is 15.3. The fourth-order valence-electron chi connectivity index (χ4n) is 4.05. The molecule has 3 unspecified atom stereocenters. The van der Waals surface area contributed by atoms with E-state index in [1.54, 1.807) is 0 Å². The van der Waals surface area contributed by atoms with Crippen LogP contribution in [0.15, 0.2) is 0 Å². The van der Waals surface area contributed by atoms with Crippen LogP contribution in [0.25, 0.3) is 0 Å². The first-order chi connectivity index (χ1) is 9.46. The molecular weight excluding hydrogens is 244 g/mol. The monoisotopic (exact) mass is 280 g/mol. The summed E-state index contributed by atoms with van der Waals surface area (Å²) < 4.78 is 0. The molecule has 2 fully saturated rings. The van der Waals surface area contributed by atoms with E-state index < -0.39 is 0 Å². The predicted molar refractivity (Wildman–Crippen MR) is 88.1 cm³/mol. The molecular formula is C18H36N2. The van der Waals surface area contributed by atoms with Crippen molar-refractivity contribution >= 4 is 0 Å². The molecule has 0 bridgehead atoms. The fraction of sp³-hybridized carbons (Fsp3) is 1.00. The maximum atomic E-state index is 3.81. The molecule has 1 saturated carbocycles. The number of hydrogen-bond acceptors (Lipinski definition) is 2. The minimum absolute atomic E-state index is 0.586. The summed E-state index contributed by atoms with van der Waals surface area (Å²) in [7, 11) is 0. The Bertz CT molecular complexity index is 290. The molecule has 2 aliphatic rings. The normalized spacial score (nSPS) is 34.0. The molecule has 1 N–H and O–H groups in total. The van der Waals surface area contributed by atoms with Crippen molar-refractivity contribution in [3.05, 3.63) is 0 Å². The quantitative estimate of drug-likeness (QED) is 0.835. The summed E-state index contributed by atoms with van der Waals surface area (Å²) in [5.41, 5.74) is 0.586. The van der Waals surface area contributed by atoms with Gasteiger partial charge in [0.05, 0.1) is 0 Å². The summed E-state index contributed by atoms with van der Waals surface area (Å²) in [4.78, 5) is 2.88. The lowest BCUT2D eigenvalue weighted by Gasteiger charge is -2.48. The molecule has 1 saturated heterocycles. The first-order valence-electron chi connectivity index (χ1n) is 8.96. The van der Waals surface area contributed by atoms with E-state index in [1.807, 2.05) is 0 Å². The lowest BCUT2D eigenvalue weighted by atomic mass is 9.74. The number of nitrogens with zero attached hydrogens (tertiary/aromatic N) is 1. The van der Waals surface area contributed by atoms with E-state index in [0.29, 0.717) is 11.5 Å². The first-order valence-corrected chi connectivity index (χ1v) is 8.96. The molecule has 3 atom stereocenters. The van der Waals surface area contributed by atoms with Crippen LogP contribution in [0.5, 0.6) is 0 Å². The smallest absolute Gasteiger partial charge is 0.0221 e. The van der Waals surface area contributed by atoms with Gasteiger partial charge in [-0.15, -0.1) is 0 Å². The van der Waals surface area contributed by atoms with Crippen LogP contribution in [0, 0.1) is 11.3 Å². The maximum absolute atomic E-state index is 3.81. The lowest BCUT2D eigenvalue weighted by molar-refractivity contribution is 0.0291. The van der Waals surface area contributed by atoms with E-state index in [1.165, 1.54) is 51.6 Å². The van der Waals surface area contributed by atoms with Crippen molar-refractivity contribution in [2.75, 3.05) is 13.1 Å². The molecule has 0 aromatic carbocycles. The molecule has 1 aliphatic carbocycles. The van der Waals surface area contributed by atoms with Crippen molar-refractivity contribution in [2.45, 2.75) is 91.3 Å². The van der Waals surface area contributed by atoms with Gasteiger partial charge < -0.3 is 5.32 Å². The van der Waals surface area contributed by atoms with Crippen LogP contribution in [0.1, 0.15) is 73.1 Å². The average molecular weight is 280 g/mol. The Morgan fingerprint density at radius 3 is 2.40 bits per heavy atom. The summed E-state index contributed by atoms with van der Waals surface area (Å²) >= 11 is 0. The van der Waals surface area contributed by atoms with Crippen molar-refractivity contribution in [1.82, 2.24) is 10.2 Å². The summed E-state index contributed by atoms with van der Waals surface area (Å²) in [5.74, 6) is 0.801. The van der Waals surface area contributed by atoms with Gasteiger partial charge in [-0.3, -0.25) is 4.90 Å². The summed E-state index contributed by atoms with van der Waals surface area (Å²) in [6, 6.07) is 2.32. The number of rotatable bonds is 4. The van der Waals surface area contributed by atoms with Gasteiger partial charge in [0.25, 0.3) is 0 Å². The van der Waals surface area contributed by atoms with E-state index in [4.69, 9.17) is 0 Å². The third kappa shape index (κ3) is 3.76. The van der Waals surface area contributed by atoms with Gasteiger partial charge in [-0.1, -0.05) is 41.0 Å². The van der Waals surface area contributed by atoms with Gasteiger partial charge in [-0.25, -0.2) is 0 Å². The van der Waals surface area contributed by atoms with E-state index in [9.17, 15) is 0 Å². The van der Waals surface area contributed by atoms with E-state index in [-0.39, 0.29) is 0 Å². The molecule has 2 rings (SSSR count). The molecule has 1 aliphatic heterocycles. The third-order valence-electron chi connectivity index (χ3n) is 6.07. The van der Waals surface area contributed by atoms with Crippen molar-refractivity contribution in [3.8, 4) is 0 Å². The summed E-state index contributed by atoms with van der Waals surface area (Å²) in [5, 5.41) is 3.81. The van der Waals surface area contributed by atoms with E-state index >= 15 is 0 Å². The van der Waals surface area contributed by atoms with Crippen LogP contribution in [0.4, 0.5) is 0 Å². The molecule has 0 amide bonds. The van der Waals surface area contributed by atoms with Gasteiger partial charge in [0, 0.05) is 31.2 Å². The standard InChI is InChI=1S/C18H36N2/c1-6-14(3)17-13-20(15(7-2)12-19-17)16-8-10-18(4,5)11-9-16/h14-17,19H,6-13H2,1-5H3. The zero-order valence-electron chi connectivity index (χ0n) is 14.4. The molecule has 118 valence electrons. The van der Waals surface area contributed by atoms with Crippen LogP contribution in [-0.4, -0.2) is 36.1 Å². The number of hydrogen-bond donors (Lipinski definition) is 1. The van der Waals surface area contributed by atoms with Gasteiger partial charge >= 0.3 is 0 Å². The zero-order valence-corrected chi connectivity index (χ0v) is 14.4. The second kappa shape index (κ2) is 6.79. The second-order valence-electron chi connectivity index (χ2n) is 8.05. The van der Waals surface area contributed by atoms with Crippen LogP contribution >= 0.6 is 0 Å². The molecule has 2 nitrogen and oxygen atoms in total. The largest absolute Gasteiger partial charge is 0.311 e. The number of piperazine rings is 1. The number of nitrogens with one attached hydrogen (secondary N) is 1. The average Bonchev–Trinajstić information content (AvgIpc) is 2.46. The van der Waals surface area contributed by atoms with Gasteiger partial charge in [-0.2, -0.15) is 0 Å². The molecule has 2 heteroatoms. The highest BCUT2D eigenvalue weighted by Crippen LogP contribution is 2.38. The Hall–Kier alpha value is -0.0800. The second-order valence-corrected chi connectivity index (χ2v) is 8.05. The molecule has 20 heavy (non-hydrogen) atoms. The Kier molecular flexibility index (Phi) is 5.53. The molecule has 0 radical (unpaired) electrons. The lowest BCUT2D eigenvalue weighted by Crippen LogP contribution is -2.61. The Labute approximate surface area is 126 Å². The Morgan fingerprint density at radius 2 is 1.85 bits per heavy atom. The van der Waals surface area contributed by atoms with Gasteiger partial charge in [0.1, 0.15) is 0 Å². The zero-order chi connectivity index (χ0) is 14.8. The first kappa shape index (κ1) is 16.3. The Morgan fingerprint density at radius 1 is 1.20 bits per heavy atom. The molecule has 1 heterocycles. The minimum Gasteiger partial charge on any atom is -0.311 e. The van der Waals surface area contributed by atoms with Crippen molar-refractivity contribution in [3.63, 3.8) is 0 Å². The van der Waals surface area contributed by atoms with Crippen molar-refractivity contribution in [1.29, 1.82) is 0 Å². The minimum atomic E-state index is 0.586. The SMILES string of the molecule is CCC(C)C1CN(C2CCC(C)(C)CC2)C(CC)CN1. The van der Waals surface area contributed by atoms with Crippen LogP contribution < -0.4 is 5.32 Å². The van der Waals surface area contributed by atoms with Crippen molar-refractivity contribution in [2.24, 2.45) is 11.3 Å². The fourth-order valence-corrected chi connectivity index (χ4v) is 4.05. The van der Waals surface area contributed by atoms with Gasteiger partial charge in [-0.05, 0) is 43.4 Å². The van der Waals surface area contributed by atoms with E-state index in [0.717, 1.165) is 18.0 Å². The molecule has 0 spiro atoms. The van der Waals surface area contributed by atoms with Crippen molar-refractivity contribution < 1.29 is 0 Å². The van der Waals surface area contributed by atoms with E-state index in [2.05, 4.69) is 44.8 Å². The molecule has 0 aromatic heterocycles. The van der Waals surface area contributed by atoms with Gasteiger partial charge in [0.2, 0.25) is 0 Å². The molecule has 0 aromatic rings. The highest BCUT2D eigenvalue weighted by Gasteiger charge is 2.36. The predicted octanol–water partition coefficient (Wildman–Crippen LogP) is 4.05.